The molecular formula is C19H31N3O2. The summed E-state index contributed by atoms with van der Waals surface area (Å²) >= 11 is 0. The Morgan fingerprint density at radius 2 is 1.96 bits per heavy atom. The second-order valence-corrected chi connectivity index (χ2v) is 7.72. The number of carbonyl (C=O) groups excluding carboxylic acids is 1. The van der Waals surface area contributed by atoms with Crippen molar-refractivity contribution in [3.05, 3.63) is 23.8 Å². The smallest absolute Gasteiger partial charge is 0.238 e. The van der Waals surface area contributed by atoms with E-state index in [0.717, 1.165) is 24.3 Å². The third-order valence-electron chi connectivity index (χ3n) is 4.69. The van der Waals surface area contributed by atoms with Crippen LogP contribution in [0.15, 0.2) is 18.2 Å². The molecule has 0 aromatic heterocycles. The number of hydrogen-bond acceptors (Lipinski definition) is 4. The molecule has 1 aromatic rings. The summed E-state index contributed by atoms with van der Waals surface area (Å²) < 4.78 is 0. The molecule has 0 bridgehead atoms. The zero-order chi connectivity index (χ0) is 17.7. The van der Waals surface area contributed by atoms with Crippen LogP contribution >= 0.6 is 0 Å². The molecule has 0 unspecified atom stereocenters. The summed E-state index contributed by atoms with van der Waals surface area (Å²) in [5.41, 5.74) is 3.06. The van der Waals surface area contributed by atoms with E-state index in [1.54, 1.807) is 0 Å². The summed E-state index contributed by atoms with van der Waals surface area (Å²) in [7, 11) is 0. The molecule has 24 heavy (non-hydrogen) atoms. The predicted molar refractivity (Wildman–Crippen MR) is 99.6 cm³/mol. The summed E-state index contributed by atoms with van der Waals surface area (Å²) in [5.74, 6) is -0.0882. The lowest BCUT2D eigenvalue weighted by Gasteiger charge is -2.29. The van der Waals surface area contributed by atoms with Gasteiger partial charge in [0, 0.05) is 30.5 Å². The average Bonchev–Trinajstić information content (AvgIpc) is 3.03. The van der Waals surface area contributed by atoms with Gasteiger partial charge in [0.15, 0.2) is 0 Å². The number of anilines is 2. The van der Waals surface area contributed by atoms with Crippen molar-refractivity contribution < 1.29 is 9.90 Å². The van der Waals surface area contributed by atoms with Crippen LogP contribution in [0.5, 0.6) is 0 Å². The van der Waals surface area contributed by atoms with Gasteiger partial charge in [-0.05, 0) is 48.9 Å². The Balaban J connectivity index is 1.91. The van der Waals surface area contributed by atoms with Gasteiger partial charge >= 0.3 is 0 Å². The minimum atomic E-state index is -0.109. The number of nitrogens with zero attached hydrogens (tertiary/aromatic N) is 1. The van der Waals surface area contributed by atoms with Crippen LogP contribution in [0, 0.1) is 12.3 Å². The zero-order valence-corrected chi connectivity index (χ0v) is 15.4. The highest BCUT2D eigenvalue weighted by atomic mass is 16.3. The molecule has 134 valence electrons. The summed E-state index contributed by atoms with van der Waals surface area (Å²) in [6.07, 6.45) is 2.51. The first kappa shape index (κ1) is 18.7. The van der Waals surface area contributed by atoms with Crippen LogP contribution < -0.4 is 15.5 Å². The Bertz CT molecular complexity index is 560. The third-order valence-corrected chi connectivity index (χ3v) is 4.69. The number of hydrogen-bond donors (Lipinski definition) is 3. The summed E-state index contributed by atoms with van der Waals surface area (Å²) in [4.78, 5) is 14.6. The van der Waals surface area contributed by atoms with Crippen molar-refractivity contribution in [2.45, 2.75) is 46.6 Å². The number of carbonyl (C=O) groups is 1. The second-order valence-electron chi connectivity index (χ2n) is 7.72. The van der Waals surface area contributed by atoms with Crippen LogP contribution in [0.2, 0.25) is 0 Å². The van der Waals surface area contributed by atoms with Crippen molar-refractivity contribution in [3.63, 3.8) is 0 Å². The molecule has 1 fully saturated rings. The molecule has 0 spiro atoms. The highest BCUT2D eigenvalue weighted by molar-refractivity contribution is 5.93. The molecule has 2 rings (SSSR count). The van der Waals surface area contributed by atoms with Gasteiger partial charge in [0.05, 0.1) is 13.2 Å². The number of benzene rings is 1. The van der Waals surface area contributed by atoms with E-state index < -0.39 is 0 Å². The molecule has 5 heteroatoms. The van der Waals surface area contributed by atoms with Crippen LogP contribution in [0.1, 0.15) is 39.2 Å². The van der Waals surface area contributed by atoms with E-state index in [1.807, 2.05) is 33.8 Å². The maximum Gasteiger partial charge on any atom is 0.238 e. The number of aliphatic hydroxyl groups is 1. The Morgan fingerprint density at radius 1 is 1.29 bits per heavy atom. The second kappa shape index (κ2) is 7.99. The molecule has 0 saturated carbocycles. The largest absolute Gasteiger partial charge is 0.395 e. The molecule has 1 heterocycles. The minimum absolute atomic E-state index is 0.0142. The third kappa shape index (κ3) is 4.95. The lowest BCUT2D eigenvalue weighted by Crippen LogP contribution is -2.46. The van der Waals surface area contributed by atoms with Crippen LogP contribution in [-0.2, 0) is 4.79 Å². The Hall–Kier alpha value is -1.59. The summed E-state index contributed by atoms with van der Waals surface area (Å²) in [6.45, 7) is 10.6. The van der Waals surface area contributed by atoms with E-state index in [0.29, 0.717) is 0 Å². The molecule has 3 N–H and O–H groups in total. The molecule has 1 saturated heterocycles. The molecule has 0 radical (unpaired) electrons. The van der Waals surface area contributed by atoms with E-state index in [1.165, 1.54) is 18.5 Å². The fourth-order valence-electron chi connectivity index (χ4n) is 3.02. The first-order valence-corrected chi connectivity index (χ1v) is 8.81. The van der Waals surface area contributed by atoms with Crippen LogP contribution in [0.3, 0.4) is 0 Å². The van der Waals surface area contributed by atoms with Gasteiger partial charge in [-0.1, -0.05) is 20.8 Å². The van der Waals surface area contributed by atoms with Crippen molar-refractivity contribution in [2.24, 2.45) is 5.41 Å². The quantitative estimate of drug-likeness (QED) is 0.748. The fourth-order valence-corrected chi connectivity index (χ4v) is 3.02. The standard InChI is InChI=1S/C19H31N3O2/c1-14-11-15(22-9-5-6-10-22)7-8-16(14)21-18(24)12-20-17(13-23)19(2,3)4/h7-8,11,17,20,23H,5-6,9-10,12-13H2,1-4H3,(H,21,24)/t17-/m1/s1. The normalized spacial score (nSPS) is 16.3. The van der Waals surface area contributed by atoms with Crippen LogP contribution in [0.4, 0.5) is 11.4 Å². The number of amides is 1. The molecule has 1 aromatic carbocycles. The summed E-state index contributed by atoms with van der Waals surface area (Å²) in [6, 6.07) is 6.09. The molecule has 0 aliphatic carbocycles. The average molecular weight is 333 g/mol. The van der Waals surface area contributed by atoms with Gasteiger partial charge in [-0.3, -0.25) is 4.79 Å². The number of aryl methyl sites for hydroxylation is 1. The molecular weight excluding hydrogens is 302 g/mol. The van der Waals surface area contributed by atoms with Gasteiger partial charge < -0.3 is 20.6 Å². The fraction of sp³-hybridized carbons (Fsp3) is 0.632. The molecule has 5 nitrogen and oxygen atoms in total. The Labute approximate surface area is 145 Å². The van der Waals surface area contributed by atoms with E-state index in [4.69, 9.17) is 0 Å². The highest BCUT2D eigenvalue weighted by Crippen LogP contribution is 2.25. The van der Waals surface area contributed by atoms with Gasteiger partial charge in [0.25, 0.3) is 0 Å². The molecule has 1 aliphatic heterocycles. The number of aliphatic hydroxyl groups excluding tert-OH is 1. The number of nitrogens with one attached hydrogen (secondary N) is 2. The van der Waals surface area contributed by atoms with Crippen LogP contribution in [0.25, 0.3) is 0 Å². The van der Waals surface area contributed by atoms with Gasteiger partial charge in [0.2, 0.25) is 5.91 Å². The minimum Gasteiger partial charge on any atom is -0.395 e. The zero-order valence-electron chi connectivity index (χ0n) is 15.4. The van der Waals surface area contributed by atoms with E-state index in [-0.39, 0.29) is 30.5 Å². The first-order valence-electron chi connectivity index (χ1n) is 8.81. The molecule has 1 atom stereocenters. The topological polar surface area (TPSA) is 64.6 Å². The van der Waals surface area contributed by atoms with Crippen LogP contribution in [-0.4, -0.2) is 43.3 Å². The Morgan fingerprint density at radius 3 is 2.50 bits per heavy atom. The highest BCUT2D eigenvalue weighted by Gasteiger charge is 2.24. The van der Waals surface area contributed by atoms with E-state index >= 15 is 0 Å². The van der Waals surface area contributed by atoms with Crippen molar-refractivity contribution in [1.29, 1.82) is 0 Å². The monoisotopic (exact) mass is 333 g/mol. The van der Waals surface area contributed by atoms with Gasteiger partial charge in [0.1, 0.15) is 0 Å². The summed E-state index contributed by atoms with van der Waals surface area (Å²) in [5, 5.41) is 15.5. The number of rotatable bonds is 6. The predicted octanol–water partition coefficient (Wildman–Crippen LogP) is 2.53. The van der Waals surface area contributed by atoms with E-state index in [9.17, 15) is 9.90 Å². The van der Waals surface area contributed by atoms with Crippen molar-refractivity contribution in [2.75, 3.05) is 36.5 Å². The van der Waals surface area contributed by atoms with Crippen molar-refractivity contribution in [1.82, 2.24) is 5.32 Å². The first-order chi connectivity index (χ1) is 11.3. The SMILES string of the molecule is Cc1cc(N2CCCC2)ccc1NC(=O)CN[C@H](CO)C(C)(C)C. The maximum absolute atomic E-state index is 12.2. The Kier molecular flexibility index (Phi) is 6.24. The lowest BCUT2D eigenvalue weighted by molar-refractivity contribution is -0.115. The van der Waals surface area contributed by atoms with Gasteiger partial charge in [-0.2, -0.15) is 0 Å². The maximum atomic E-state index is 12.2. The van der Waals surface area contributed by atoms with Gasteiger partial charge in [-0.25, -0.2) is 0 Å². The molecule has 1 amide bonds. The van der Waals surface area contributed by atoms with Crippen molar-refractivity contribution >= 4 is 17.3 Å². The van der Waals surface area contributed by atoms with Gasteiger partial charge in [-0.15, -0.1) is 0 Å². The van der Waals surface area contributed by atoms with Crippen molar-refractivity contribution in [3.8, 4) is 0 Å². The molecule has 1 aliphatic rings. The lowest BCUT2D eigenvalue weighted by atomic mass is 9.87. The van der Waals surface area contributed by atoms with E-state index in [2.05, 4.69) is 27.7 Å².